The SMILES string of the molecule is CCCCOc1cc(Cl)ccc1[N+](=O)[O-]. The molecule has 0 aliphatic heterocycles. The molecule has 0 heterocycles. The molecule has 0 saturated heterocycles. The molecule has 0 aliphatic carbocycles. The molecule has 5 heteroatoms. The van der Waals surface area contributed by atoms with Crippen molar-refractivity contribution in [2.75, 3.05) is 6.61 Å². The highest BCUT2D eigenvalue weighted by Crippen LogP contribution is 2.29. The average Bonchev–Trinajstić information content (AvgIpc) is 2.18. The summed E-state index contributed by atoms with van der Waals surface area (Å²) in [6.45, 7) is 2.49. The zero-order chi connectivity index (χ0) is 11.3. The number of hydrogen-bond acceptors (Lipinski definition) is 3. The lowest BCUT2D eigenvalue weighted by Crippen LogP contribution is -2.00. The Labute approximate surface area is 93.0 Å². The first-order valence-electron chi connectivity index (χ1n) is 4.72. The molecule has 0 radical (unpaired) electrons. The molecule has 0 unspecified atom stereocenters. The van der Waals surface area contributed by atoms with Gasteiger partial charge in [0.05, 0.1) is 11.5 Å². The lowest BCUT2D eigenvalue weighted by molar-refractivity contribution is -0.385. The molecule has 4 nitrogen and oxygen atoms in total. The van der Waals surface area contributed by atoms with E-state index in [0.29, 0.717) is 11.6 Å². The molecular weight excluding hydrogens is 218 g/mol. The summed E-state index contributed by atoms with van der Waals surface area (Å²) in [6, 6.07) is 4.30. The number of rotatable bonds is 5. The third-order valence-electron chi connectivity index (χ3n) is 1.87. The number of ether oxygens (including phenoxy) is 1. The molecule has 1 aromatic rings. The van der Waals surface area contributed by atoms with Crippen molar-refractivity contribution in [1.29, 1.82) is 0 Å². The van der Waals surface area contributed by atoms with Crippen LogP contribution < -0.4 is 4.74 Å². The second-order valence-corrected chi connectivity index (χ2v) is 3.51. The van der Waals surface area contributed by atoms with Gasteiger partial charge < -0.3 is 4.74 Å². The van der Waals surface area contributed by atoms with Crippen molar-refractivity contribution in [3.05, 3.63) is 33.3 Å². The van der Waals surface area contributed by atoms with Crippen LogP contribution in [0.15, 0.2) is 18.2 Å². The summed E-state index contributed by atoms with van der Waals surface area (Å²) < 4.78 is 5.29. The molecule has 15 heavy (non-hydrogen) atoms. The molecule has 0 atom stereocenters. The van der Waals surface area contributed by atoms with Crippen LogP contribution in [-0.2, 0) is 0 Å². The van der Waals surface area contributed by atoms with E-state index in [2.05, 4.69) is 0 Å². The van der Waals surface area contributed by atoms with Gasteiger partial charge in [-0.25, -0.2) is 0 Å². The van der Waals surface area contributed by atoms with E-state index in [1.807, 2.05) is 6.92 Å². The fourth-order valence-corrected chi connectivity index (χ4v) is 1.24. The molecule has 0 saturated carbocycles. The summed E-state index contributed by atoms with van der Waals surface area (Å²) in [6.07, 6.45) is 1.85. The highest BCUT2D eigenvalue weighted by molar-refractivity contribution is 6.30. The van der Waals surface area contributed by atoms with Crippen molar-refractivity contribution in [3.63, 3.8) is 0 Å². The monoisotopic (exact) mass is 229 g/mol. The summed E-state index contributed by atoms with van der Waals surface area (Å²) in [7, 11) is 0. The summed E-state index contributed by atoms with van der Waals surface area (Å²) in [5, 5.41) is 11.1. The lowest BCUT2D eigenvalue weighted by atomic mass is 10.3. The molecule has 1 rings (SSSR count). The molecule has 0 spiro atoms. The van der Waals surface area contributed by atoms with Crippen molar-refractivity contribution < 1.29 is 9.66 Å². The van der Waals surface area contributed by atoms with Crippen molar-refractivity contribution in [1.82, 2.24) is 0 Å². The summed E-state index contributed by atoms with van der Waals surface area (Å²) in [5.41, 5.74) is -0.0458. The van der Waals surface area contributed by atoms with Crippen LogP contribution in [0.5, 0.6) is 5.75 Å². The number of hydrogen-bond donors (Lipinski definition) is 0. The molecule has 0 aromatic heterocycles. The standard InChI is InChI=1S/C10H12ClNO3/c1-2-3-6-15-10-7-8(11)4-5-9(10)12(13)14/h4-5,7H,2-3,6H2,1H3. The van der Waals surface area contributed by atoms with Crippen molar-refractivity contribution in [2.45, 2.75) is 19.8 Å². The quantitative estimate of drug-likeness (QED) is 0.442. The maximum absolute atomic E-state index is 10.6. The van der Waals surface area contributed by atoms with Gasteiger partial charge in [-0.15, -0.1) is 0 Å². The van der Waals surface area contributed by atoms with Crippen LogP contribution in [0.1, 0.15) is 19.8 Å². The van der Waals surface area contributed by atoms with Gasteiger partial charge in [0.25, 0.3) is 0 Å². The first kappa shape index (κ1) is 11.8. The Morgan fingerprint density at radius 3 is 2.87 bits per heavy atom. The van der Waals surface area contributed by atoms with Gasteiger partial charge in [-0.3, -0.25) is 10.1 Å². The number of nitro benzene ring substituents is 1. The highest BCUT2D eigenvalue weighted by atomic mass is 35.5. The molecule has 0 fully saturated rings. The summed E-state index contributed by atoms with van der Waals surface area (Å²) in [4.78, 5) is 10.2. The van der Waals surface area contributed by atoms with E-state index < -0.39 is 4.92 Å². The molecule has 0 amide bonds. The second kappa shape index (κ2) is 5.56. The van der Waals surface area contributed by atoms with Gasteiger partial charge >= 0.3 is 5.69 Å². The third kappa shape index (κ3) is 3.40. The first-order chi connectivity index (χ1) is 7.15. The molecule has 0 bridgehead atoms. The molecule has 1 aromatic carbocycles. The predicted molar refractivity (Wildman–Crippen MR) is 58.5 cm³/mol. The lowest BCUT2D eigenvalue weighted by Gasteiger charge is -2.05. The number of benzene rings is 1. The zero-order valence-electron chi connectivity index (χ0n) is 8.40. The Hall–Kier alpha value is -1.29. The molecule has 0 aliphatic rings. The van der Waals surface area contributed by atoms with E-state index in [4.69, 9.17) is 16.3 Å². The van der Waals surface area contributed by atoms with Gasteiger partial charge in [-0.2, -0.15) is 0 Å². The minimum atomic E-state index is -0.475. The van der Waals surface area contributed by atoms with Crippen LogP contribution >= 0.6 is 11.6 Å². The van der Waals surface area contributed by atoms with E-state index in [0.717, 1.165) is 12.8 Å². The minimum absolute atomic E-state index is 0.0458. The normalized spacial score (nSPS) is 10.0. The van der Waals surface area contributed by atoms with Crippen molar-refractivity contribution in [2.24, 2.45) is 0 Å². The summed E-state index contributed by atoms with van der Waals surface area (Å²) >= 11 is 5.73. The highest BCUT2D eigenvalue weighted by Gasteiger charge is 2.14. The maximum Gasteiger partial charge on any atom is 0.311 e. The maximum atomic E-state index is 10.6. The van der Waals surface area contributed by atoms with Crippen LogP contribution in [0.4, 0.5) is 5.69 Å². The van der Waals surface area contributed by atoms with E-state index in [-0.39, 0.29) is 11.4 Å². The zero-order valence-corrected chi connectivity index (χ0v) is 9.16. The first-order valence-corrected chi connectivity index (χ1v) is 5.09. The van der Waals surface area contributed by atoms with Crippen molar-refractivity contribution >= 4 is 17.3 Å². The van der Waals surface area contributed by atoms with Gasteiger partial charge in [0, 0.05) is 17.2 Å². The topological polar surface area (TPSA) is 52.4 Å². The van der Waals surface area contributed by atoms with Gasteiger partial charge in [0.2, 0.25) is 0 Å². The number of unbranched alkanes of at least 4 members (excludes halogenated alkanes) is 1. The number of nitrogens with zero attached hydrogens (tertiary/aromatic N) is 1. The Morgan fingerprint density at radius 1 is 1.53 bits per heavy atom. The van der Waals surface area contributed by atoms with Crippen LogP contribution in [0.3, 0.4) is 0 Å². The smallest absolute Gasteiger partial charge is 0.311 e. The van der Waals surface area contributed by atoms with Crippen LogP contribution in [0.2, 0.25) is 5.02 Å². The van der Waals surface area contributed by atoms with Gasteiger partial charge in [-0.1, -0.05) is 24.9 Å². The Bertz CT molecular complexity index is 355. The number of nitro groups is 1. The molecular formula is C10H12ClNO3. The Kier molecular flexibility index (Phi) is 4.37. The van der Waals surface area contributed by atoms with Crippen LogP contribution in [0.25, 0.3) is 0 Å². The van der Waals surface area contributed by atoms with E-state index in [9.17, 15) is 10.1 Å². The Balaban J connectivity index is 2.82. The van der Waals surface area contributed by atoms with Crippen LogP contribution in [-0.4, -0.2) is 11.5 Å². The molecule has 82 valence electrons. The fraction of sp³-hybridized carbons (Fsp3) is 0.400. The largest absolute Gasteiger partial charge is 0.487 e. The van der Waals surface area contributed by atoms with Crippen LogP contribution in [0, 0.1) is 10.1 Å². The van der Waals surface area contributed by atoms with E-state index >= 15 is 0 Å². The van der Waals surface area contributed by atoms with Gasteiger partial charge in [0.1, 0.15) is 0 Å². The third-order valence-corrected chi connectivity index (χ3v) is 2.11. The average molecular weight is 230 g/mol. The predicted octanol–water partition coefficient (Wildman–Crippen LogP) is 3.43. The Morgan fingerprint density at radius 2 is 2.27 bits per heavy atom. The second-order valence-electron chi connectivity index (χ2n) is 3.07. The van der Waals surface area contributed by atoms with E-state index in [1.54, 1.807) is 0 Å². The van der Waals surface area contributed by atoms with E-state index in [1.165, 1.54) is 18.2 Å². The van der Waals surface area contributed by atoms with Gasteiger partial charge in [-0.05, 0) is 12.5 Å². The van der Waals surface area contributed by atoms with Crippen molar-refractivity contribution in [3.8, 4) is 5.75 Å². The fourth-order valence-electron chi connectivity index (χ4n) is 1.08. The van der Waals surface area contributed by atoms with Gasteiger partial charge in [0.15, 0.2) is 5.75 Å². The summed E-state index contributed by atoms with van der Waals surface area (Å²) in [5.74, 6) is 0.237. The number of halogens is 1. The molecule has 0 N–H and O–H groups in total. The minimum Gasteiger partial charge on any atom is -0.487 e.